The molecule has 2 heteroatoms. The minimum Gasteiger partial charge on any atom is -0.358 e. The Kier molecular flexibility index (Phi) is 15.1. The summed E-state index contributed by atoms with van der Waals surface area (Å²) in [6, 6.07) is 0. The Hall–Kier alpha value is 0.189. The molecule has 0 atom stereocenters. The van der Waals surface area contributed by atoms with Crippen molar-refractivity contribution in [1.82, 2.24) is 0 Å². The van der Waals surface area contributed by atoms with E-state index in [4.69, 9.17) is 0 Å². The molecule has 0 radical (unpaired) electrons. The third kappa shape index (κ3) is 11.7. The van der Waals surface area contributed by atoms with Gasteiger partial charge in [0, 0.05) is 12.3 Å². The molecule has 2 fully saturated rings. The molecule has 0 aromatic heterocycles. The second kappa shape index (κ2) is 12.5. The number of carbonyl (C=O) groups excluding carboxylic acids is 1. The average molecular weight is 380 g/mol. The molecular weight excluding hydrogens is 336 g/mol. The van der Waals surface area contributed by atoms with E-state index in [1.165, 1.54) is 38.5 Å². The van der Waals surface area contributed by atoms with Crippen molar-refractivity contribution < 1.29 is 21.9 Å². The van der Waals surface area contributed by atoms with E-state index in [2.05, 4.69) is 41.5 Å². The maximum atomic E-state index is 11.7. The van der Waals surface area contributed by atoms with E-state index in [-0.39, 0.29) is 37.3 Å². The van der Waals surface area contributed by atoms with E-state index in [0.717, 1.165) is 25.2 Å². The Bertz CT molecular complexity index is 310. The number of hydrogen-bond acceptors (Lipinski definition) is 1. The minimum absolute atomic E-state index is 0. The minimum atomic E-state index is 0. The van der Waals surface area contributed by atoms with Crippen molar-refractivity contribution in [1.29, 1.82) is 0 Å². The van der Waals surface area contributed by atoms with Crippen LogP contribution in [0.15, 0.2) is 0 Å². The zero-order valence-corrected chi connectivity index (χ0v) is 18.9. The van der Waals surface area contributed by atoms with E-state index in [9.17, 15) is 4.79 Å². The van der Waals surface area contributed by atoms with Gasteiger partial charge < -0.3 is 14.9 Å². The van der Waals surface area contributed by atoms with Crippen LogP contribution in [-0.4, -0.2) is 5.78 Å². The first kappa shape index (κ1) is 29.0. The summed E-state index contributed by atoms with van der Waals surface area (Å²) in [5.74, 6) is 1.92. The first-order chi connectivity index (χ1) is 9.59. The molecule has 2 aliphatic carbocycles. The van der Waals surface area contributed by atoms with Gasteiger partial charge in [-0.2, -0.15) is 0 Å². The summed E-state index contributed by atoms with van der Waals surface area (Å²) in [5, 5.41) is 0. The summed E-state index contributed by atoms with van der Waals surface area (Å²) < 4.78 is 0. The van der Waals surface area contributed by atoms with Crippen molar-refractivity contribution in [2.24, 2.45) is 22.7 Å². The van der Waals surface area contributed by atoms with Gasteiger partial charge in [0.2, 0.25) is 0 Å². The third-order valence-electron chi connectivity index (χ3n) is 5.09. The fourth-order valence-corrected chi connectivity index (χ4v) is 3.71. The maximum absolute atomic E-state index is 11.7. The molecule has 24 heavy (non-hydrogen) atoms. The molecule has 0 saturated heterocycles. The van der Waals surface area contributed by atoms with Crippen LogP contribution < -0.4 is 0 Å². The van der Waals surface area contributed by atoms with E-state index in [1.807, 2.05) is 0 Å². The average Bonchev–Trinajstić information content (AvgIpc) is 3.01. The molecule has 146 valence electrons. The first-order valence-electron chi connectivity index (χ1n) is 9.12. The molecule has 1 nitrogen and oxygen atoms in total. The summed E-state index contributed by atoms with van der Waals surface area (Å²) in [5.41, 5.74) is 0.760. The summed E-state index contributed by atoms with van der Waals surface area (Å²) in [6.45, 7) is 13.5. The summed E-state index contributed by atoms with van der Waals surface area (Å²) in [6.07, 6.45) is 11.5. The molecule has 0 aliphatic heterocycles. The molecule has 0 aromatic rings. The van der Waals surface area contributed by atoms with Gasteiger partial charge in [-0.15, -0.1) is 0 Å². The first-order valence-corrected chi connectivity index (χ1v) is 9.12. The molecule has 2 aliphatic rings. The van der Waals surface area contributed by atoms with Gasteiger partial charge in [-0.25, -0.2) is 0 Å². The van der Waals surface area contributed by atoms with Crippen LogP contribution in [-0.2, 0) is 21.9 Å². The molecule has 0 N–H and O–H groups in total. The third-order valence-corrected chi connectivity index (χ3v) is 5.09. The van der Waals surface area contributed by atoms with E-state index >= 15 is 0 Å². The van der Waals surface area contributed by atoms with Crippen molar-refractivity contribution in [3.05, 3.63) is 14.9 Å². The van der Waals surface area contributed by atoms with Crippen LogP contribution in [0.5, 0.6) is 0 Å². The molecule has 2 saturated carbocycles. The van der Waals surface area contributed by atoms with Gasteiger partial charge in [0.1, 0.15) is 5.78 Å². The number of Topliss-reactive ketones (excluding diaryl/α,β-unsaturated/α-hetero) is 1. The fourth-order valence-electron chi connectivity index (χ4n) is 3.71. The van der Waals surface area contributed by atoms with Crippen molar-refractivity contribution in [3.8, 4) is 0 Å². The Morgan fingerprint density at radius 3 is 1.46 bits per heavy atom. The van der Waals surface area contributed by atoms with E-state index < -0.39 is 0 Å². The van der Waals surface area contributed by atoms with Crippen LogP contribution in [0.2, 0.25) is 0 Å². The van der Waals surface area contributed by atoms with Gasteiger partial charge in [-0.05, 0) is 42.4 Å². The van der Waals surface area contributed by atoms with Crippen LogP contribution in [0.3, 0.4) is 0 Å². The quantitative estimate of drug-likeness (QED) is 0.363. The number of hydrogen-bond donors (Lipinski definition) is 0. The predicted octanol–water partition coefficient (Wildman–Crippen LogP) is 7.30. The summed E-state index contributed by atoms with van der Waals surface area (Å²) >= 11 is 0. The van der Waals surface area contributed by atoms with Gasteiger partial charge in [-0.3, -0.25) is 4.79 Å². The second-order valence-corrected chi connectivity index (χ2v) is 9.53. The van der Waals surface area contributed by atoms with Crippen molar-refractivity contribution in [2.45, 2.75) is 99.3 Å². The van der Waals surface area contributed by atoms with Crippen molar-refractivity contribution in [3.63, 3.8) is 0 Å². The van der Waals surface area contributed by atoms with Gasteiger partial charge in [-0.1, -0.05) is 67.2 Å². The largest absolute Gasteiger partial charge is 2.00 e. The van der Waals surface area contributed by atoms with Crippen LogP contribution in [0.1, 0.15) is 99.3 Å². The van der Waals surface area contributed by atoms with E-state index in [1.54, 1.807) is 0 Å². The Balaban J connectivity index is -0.000000336. The molecule has 2 rings (SSSR count). The number of carbonyl (C=O) groups is 1. The van der Waals surface area contributed by atoms with Crippen molar-refractivity contribution >= 4 is 5.78 Å². The maximum Gasteiger partial charge on any atom is 2.00 e. The Morgan fingerprint density at radius 2 is 1.17 bits per heavy atom. The number of ketones is 1. The van der Waals surface area contributed by atoms with Crippen LogP contribution >= 0.6 is 0 Å². The Labute approximate surface area is 164 Å². The zero-order valence-electron chi connectivity index (χ0n) is 17.8. The smallest absolute Gasteiger partial charge is 0.358 e. The Morgan fingerprint density at radius 1 is 0.792 bits per heavy atom. The molecule has 0 spiro atoms. The monoisotopic (exact) mass is 380 g/mol. The molecular formula is C22H44FeO. The molecule has 0 amide bonds. The standard InChI is InChI=1S/C11H20O.C9H18.2CH3.Fe/c1-11(2,3)8-10(12)9-6-4-5-7-9;1-9(2,3)8-6-4-5-7-8;;;/h9H,4-8H2,1-3H3;8H,4-7H2,1-3H3;2*1H3;/q;;2*-1;+2. The van der Waals surface area contributed by atoms with E-state index in [0.29, 0.717) is 17.1 Å². The van der Waals surface area contributed by atoms with Crippen LogP contribution in [0, 0.1) is 37.5 Å². The zero-order chi connectivity index (χ0) is 16.1. The second-order valence-electron chi connectivity index (χ2n) is 9.53. The van der Waals surface area contributed by atoms with Crippen LogP contribution in [0.4, 0.5) is 0 Å². The SMILES string of the molecule is CC(C)(C)C1CCCC1.CC(C)(C)CC(=O)C1CCCC1.[CH3-].[CH3-].[Fe+2]. The van der Waals surface area contributed by atoms with Gasteiger partial charge in [0.05, 0.1) is 0 Å². The predicted molar refractivity (Wildman–Crippen MR) is 105 cm³/mol. The summed E-state index contributed by atoms with van der Waals surface area (Å²) in [7, 11) is 0. The van der Waals surface area contributed by atoms with Gasteiger partial charge in [0.25, 0.3) is 0 Å². The number of rotatable bonds is 2. The van der Waals surface area contributed by atoms with Gasteiger partial charge >= 0.3 is 17.1 Å². The molecule has 0 aromatic carbocycles. The molecule has 0 heterocycles. The van der Waals surface area contributed by atoms with Crippen LogP contribution in [0.25, 0.3) is 0 Å². The molecule has 0 bridgehead atoms. The van der Waals surface area contributed by atoms with Crippen molar-refractivity contribution in [2.75, 3.05) is 0 Å². The normalized spacial score (nSPS) is 18.6. The van der Waals surface area contributed by atoms with Gasteiger partial charge in [0.15, 0.2) is 0 Å². The summed E-state index contributed by atoms with van der Waals surface area (Å²) in [4.78, 5) is 11.7. The topological polar surface area (TPSA) is 17.1 Å². The fraction of sp³-hybridized carbons (Fsp3) is 0.864. The molecule has 0 unspecified atom stereocenters.